The van der Waals surface area contributed by atoms with Gasteiger partial charge in [-0.15, -0.1) is 0 Å². The molecule has 2 atom stereocenters. The lowest BCUT2D eigenvalue weighted by atomic mass is 10.0. The second-order valence-corrected chi connectivity index (χ2v) is 6.69. The Morgan fingerprint density at radius 1 is 0.862 bits per heavy atom. The third-order valence-corrected chi connectivity index (χ3v) is 4.88. The number of rotatable bonds is 8. The fraction of sp³-hybridized carbons (Fsp3) is 0.208. The second kappa shape index (κ2) is 8.37. The van der Waals surface area contributed by atoms with Crippen molar-refractivity contribution in [3.05, 3.63) is 89.5 Å². The summed E-state index contributed by atoms with van der Waals surface area (Å²) < 4.78 is 22.5. The smallest absolute Gasteiger partial charge is 0.198 e. The first-order valence-electron chi connectivity index (χ1n) is 9.39. The summed E-state index contributed by atoms with van der Waals surface area (Å²) in [4.78, 5) is 13.1. The molecule has 0 aromatic heterocycles. The summed E-state index contributed by atoms with van der Waals surface area (Å²) in [6.45, 7) is 0.393. The number of methoxy groups -OCH3 is 2. The number of carbonyl (C=O) groups excluding carboxylic acids is 1. The fourth-order valence-corrected chi connectivity index (χ4v) is 3.37. The zero-order valence-corrected chi connectivity index (χ0v) is 16.3. The Hall–Kier alpha value is -3.31. The SMILES string of the molecule is COc1cccc([C@@H]2O[C@H]2C(=O)c2ccccc2OCc2ccccc2)c1OC. The molecule has 0 unspecified atom stereocenters. The summed E-state index contributed by atoms with van der Waals surface area (Å²) in [5.74, 6) is 1.64. The number of carbonyl (C=O) groups is 1. The van der Waals surface area contributed by atoms with Crippen LogP contribution in [0.1, 0.15) is 27.6 Å². The molecule has 3 aromatic carbocycles. The van der Waals surface area contributed by atoms with E-state index in [1.165, 1.54) is 0 Å². The topological polar surface area (TPSA) is 57.3 Å². The summed E-state index contributed by atoms with van der Waals surface area (Å²) in [5.41, 5.74) is 2.35. The summed E-state index contributed by atoms with van der Waals surface area (Å²) in [5, 5.41) is 0. The Bertz CT molecular complexity index is 999. The normalized spacial score (nSPS) is 17.4. The van der Waals surface area contributed by atoms with Crippen LogP contribution in [0.2, 0.25) is 0 Å². The van der Waals surface area contributed by atoms with Crippen molar-refractivity contribution in [1.29, 1.82) is 0 Å². The van der Waals surface area contributed by atoms with Crippen LogP contribution in [0.4, 0.5) is 0 Å². The van der Waals surface area contributed by atoms with Crippen LogP contribution in [-0.2, 0) is 11.3 Å². The lowest BCUT2D eigenvalue weighted by molar-refractivity contribution is 0.0949. The van der Waals surface area contributed by atoms with E-state index < -0.39 is 6.10 Å². The summed E-state index contributed by atoms with van der Waals surface area (Å²) in [7, 11) is 3.16. The van der Waals surface area contributed by atoms with Crippen molar-refractivity contribution in [2.24, 2.45) is 0 Å². The van der Waals surface area contributed by atoms with Gasteiger partial charge in [0, 0.05) is 5.56 Å². The maximum Gasteiger partial charge on any atom is 0.198 e. The Morgan fingerprint density at radius 2 is 1.59 bits per heavy atom. The van der Waals surface area contributed by atoms with E-state index in [2.05, 4.69) is 0 Å². The summed E-state index contributed by atoms with van der Waals surface area (Å²) in [6.07, 6.45) is -0.938. The predicted octanol–water partition coefficient (Wildman–Crippen LogP) is 4.61. The lowest BCUT2D eigenvalue weighted by Gasteiger charge is -2.11. The van der Waals surface area contributed by atoms with Gasteiger partial charge in [0.2, 0.25) is 0 Å². The average molecular weight is 390 g/mol. The molecule has 0 aliphatic carbocycles. The van der Waals surface area contributed by atoms with E-state index in [0.29, 0.717) is 29.4 Å². The number of para-hydroxylation sites is 2. The highest BCUT2D eigenvalue weighted by molar-refractivity contribution is 6.03. The van der Waals surface area contributed by atoms with Crippen LogP contribution in [0.15, 0.2) is 72.8 Å². The van der Waals surface area contributed by atoms with Crippen LogP contribution in [0.3, 0.4) is 0 Å². The maximum atomic E-state index is 13.1. The Morgan fingerprint density at radius 3 is 2.34 bits per heavy atom. The molecule has 0 saturated carbocycles. The molecule has 1 saturated heterocycles. The highest BCUT2D eigenvalue weighted by atomic mass is 16.6. The molecule has 1 aliphatic heterocycles. The highest BCUT2D eigenvalue weighted by Gasteiger charge is 2.48. The quantitative estimate of drug-likeness (QED) is 0.415. The maximum absolute atomic E-state index is 13.1. The standard InChI is InChI=1S/C24H22O5/c1-26-20-14-8-12-18(22(20)27-2)23-24(29-23)21(25)17-11-6-7-13-19(17)28-15-16-9-4-3-5-10-16/h3-14,23-24H,15H2,1-2H3/t23-,24-/m0/s1. The van der Waals surface area contributed by atoms with Gasteiger partial charge in [0.25, 0.3) is 0 Å². The molecule has 148 valence electrons. The Balaban J connectivity index is 1.52. The average Bonchev–Trinajstić information content (AvgIpc) is 3.58. The Kier molecular flexibility index (Phi) is 5.49. The molecule has 1 aliphatic rings. The molecule has 5 heteroatoms. The molecule has 0 spiro atoms. The minimum Gasteiger partial charge on any atom is -0.493 e. The number of ketones is 1. The third kappa shape index (κ3) is 3.96. The van der Waals surface area contributed by atoms with Gasteiger partial charge in [-0.2, -0.15) is 0 Å². The first-order valence-corrected chi connectivity index (χ1v) is 9.39. The van der Waals surface area contributed by atoms with Gasteiger partial charge in [-0.1, -0.05) is 54.6 Å². The van der Waals surface area contributed by atoms with Crippen molar-refractivity contribution in [1.82, 2.24) is 0 Å². The van der Waals surface area contributed by atoms with Gasteiger partial charge in [-0.25, -0.2) is 0 Å². The molecule has 5 nitrogen and oxygen atoms in total. The molecule has 0 bridgehead atoms. The van der Waals surface area contributed by atoms with Gasteiger partial charge in [0.15, 0.2) is 23.4 Å². The van der Waals surface area contributed by atoms with E-state index in [4.69, 9.17) is 18.9 Å². The summed E-state index contributed by atoms with van der Waals surface area (Å²) in [6, 6.07) is 22.7. The van der Waals surface area contributed by atoms with E-state index in [1.807, 2.05) is 60.7 Å². The lowest BCUT2D eigenvalue weighted by Crippen LogP contribution is -2.11. The zero-order valence-electron chi connectivity index (χ0n) is 16.3. The monoisotopic (exact) mass is 390 g/mol. The fourth-order valence-electron chi connectivity index (χ4n) is 3.37. The first kappa shape index (κ1) is 19.0. The number of hydrogen-bond donors (Lipinski definition) is 0. The first-order chi connectivity index (χ1) is 14.2. The van der Waals surface area contributed by atoms with Gasteiger partial charge in [-0.3, -0.25) is 4.79 Å². The number of Topliss-reactive ketones (excluding diaryl/α,β-unsaturated/α-hetero) is 1. The van der Waals surface area contributed by atoms with Crippen molar-refractivity contribution >= 4 is 5.78 Å². The van der Waals surface area contributed by atoms with E-state index >= 15 is 0 Å². The molecule has 0 N–H and O–H groups in total. The molecule has 1 heterocycles. The number of ether oxygens (including phenoxy) is 4. The van der Waals surface area contributed by atoms with Crippen molar-refractivity contribution in [3.8, 4) is 17.2 Å². The minimum atomic E-state index is -0.572. The van der Waals surface area contributed by atoms with Gasteiger partial charge in [-0.05, 0) is 23.8 Å². The molecule has 3 aromatic rings. The van der Waals surface area contributed by atoms with E-state index in [1.54, 1.807) is 26.4 Å². The van der Waals surface area contributed by atoms with Crippen LogP contribution in [0.5, 0.6) is 17.2 Å². The molecule has 4 rings (SSSR count). The largest absolute Gasteiger partial charge is 0.493 e. The zero-order chi connectivity index (χ0) is 20.2. The van der Waals surface area contributed by atoms with Crippen molar-refractivity contribution in [2.45, 2.75) is 18.8 Å². The van der Waals surface area contributed by atoms with Crippen LogP contribution in [0.25, 0.3) is 0 Å². The van der Waals surface area contributed by atoms with Crippen LogP contribution < -0.4 is 14.2 Å². The van der Waals surface area contributed by atoms with E-state index in [-0.39, 0.29) is 11.9 Å². The van der Waals surface area contributed by atoms with Crippen molar-refractivity contribution in [3.63, 3.8) is 0 Å². The predicted molar refractivity (Wildman–Crippen MR) is 109 cm³/mol. The summed E-state index contributed by atoms with van der Waals surface area (Å²) >= 11 is 0. The molecule has 0 amide bonds. The number of epoxide rings is 1. The number of benzene rings is 3. The van der Waals surface area contributed by atoms with Gasteiger partial charge in [0.1, 0.15) is 18.5 Å². The van der Waals surface area contributed by atoms with Crippen LogP contribution in [0, 0.1) is 0 Å². The molecule has 0 radical (unpaired) electrons. The van der Waals surface area contributed by atoms with Crippen molar-refractivity contribution in [2.75, 3.05) is 14.2 Å². The molecular weight excluding hydrogens is 368 g/mol. The number of hydrogen-bond acceptors (Lipinski definition) is 5. The molecule has 1 fully saturated rings. The molecular formula is C24H22O5. The van der Waals surface area contributed by atoms with Crippen LogP contribution >= 0.6 is 0 Å². The molecule has 29 heavy (non-hydrogen) atoms. The highest BCUT2D eigenvalue weighted by Crippen LogP contribution is 2.47. The second-order valence-electron chi connectivity index (χ2n) is 6.69. The minimum absolute atomic E-state index is 0.108. The van der Waals surface area contributed by atoms with Crippen molar-refractivity contribution < 1.29 is 23.7 Å². The van der Waals surface area contributed by atoms with E-state index in [0.717, 1.165) is 11.1 Å². The Labute approximate surface area is 169 Å². The van der Waals surface area contributed by atoms with Gasteiger partial charge in [0.05, 0.1) is 19.8 Å². The third-order valence-electron chi connectivity index (χ3n) is 4.88. The van der Waals surface area contributed by atoms with Gasteiger partial charge < -0.3 is 18.9 Å². The van der Waals surface area contributed by atoms with Gasteiger partial charge >= 0.3 is 0 Å². The van der Waals surface area contributed by atoms with Crippen LogP contribution in [-0.4, -0.2) is 26.1 Å². The van der Waals surface area contributed by atoms with E-state index in [9.17, 15) is 4.79 Å².